The lowest BCUT2D eigenvalue weighted by molar-refractivity contribution is -0.121. The van der Waals surface area contributed by atoms with Crippen LogP contribution in [0.15, 0.2) is 18.2 Å². The second-order valence-corrected chi connectivity index (χ2v) is 7.66. The first-order valence-electron chi connectivity index (χ1n) is 9.43. The highest BCUT2D eigenvalue weighted by Crippen LogP contribution is 2.33. The molecule has 130 valence electrons. The zero-order valence-corrected chi connectivity index (χ0v) is 14.3. The Kier molecular flexibility index (Phi) is 3.37. The van der Waals surface area contributed by atoms with Crippen molar-refractivity contribution in [3.05, 3.63) is 35.0 Å². The van der Waals surface area contributed by atoms with Crippen molar-refractivity contribution in [3.63, 3.8) is 0 Å². The molecule has 0 spiro atoms. The number of aryl methyl sites for hydroxylation is 2. The summed E-state index contributed by atoms with van der Waals surface area (Å²) in [4.78, 5) is 30.6. The van der Waals surface area contributed by atoms with E-state index in [9.17, 15) is 9.59 Å². The average Bonchev–Trinajstić information content (AvgIpc) is 3.14. The van der Waals surface area contributed by atoms with Gasteiger partial charge in [0.1, 0.15) is 0 Å². The van der Waals surface area contributed by atoms with Crippen LogP contribution in [0.5, 0.6) is 0 Å². The van der Waals surface area contributed by atoms with Crippen molar-refractivity contribution in [1.29, 1.82) is 0 Å². The minimum Gasteiger partial charge on any atom is -0.358 e. The molecule has 1 aromatic carbocycles. The zero-order chi connectivity index (χ0) is 17.0. The van der Waals surface area contributed by atoms with Crippen LogP contribution >= 0.6 is 0 Å². The van der Waals surface area contributed by atoms with Crippen molar-refractivity contribution >= 4 is 22.7 Å². The number of hydrogen-bond acceptors (Lipinski definition) is 2. The van der Waals surface area contributed by atoms with Crippen LogP contribution in [0.4, 0.5) is 0 Å². The minimum atomic E-state index is 0.0517. The molecule has 2 bridgehead atoms. The fraction of sp³-hybridized carbons (Fsp3) is 0.500. The van der Waals surface area contributed by atoms with Gasteiger partial charge in [-0.15, -0.1) is 0 Å². The molecule has 1 aromatic heterocycles. The molecular formula is C20H23N3O2. The number of hydrogen-bond donors (Lipinski definition) is 2. The Morgan fingerprint density at radius 3 is 2.88 bits per heavy atom. The summed E-state index contributed by atoms with van der Waals surface area (Å²) in [6, 6.07) is 6.24. The Bertz CT molecular complexity index is 869. The van der Waals surface area contributed by atoms with Gasteiger partial charge in [-0.05, 0) is 62.3 Å². The summed E-state index contributed by atoms with van der Waals surface area (Å²) >= 11 is 0. The summed E-state index contributed by atoms with van der Waals surface area (Å²) in [6.45, 7) is 0.586. The van der Waals surface area contributed by atoms with Crippen LogP contribution < -0.4 is 5.32 Å². The Morgan fingerprint density at radius 2 is 1.96 bits per heavy atom. The second kappa shape index (κ2) is 5.61. The molecule has 0 radical (unpaired) electrons. The van der Waals surface area contributed by atoms with Gasteiger partial charge in [-0.25, -0.2) is 0 Å². The molecule has 25 heavy (non-hydrogen) atoms. The molecular weight excluding hydrogens is 314 g/mol. The second-order valence-electron chi connectivity index (χ2n) is 7.66. The van der Waals surface area contributed by atoms with Crippen molar-refractivity contribution < 1.29 is 9.59 Å². The molecule has 2 N–H and O–H groups in total. The molecule has 2 amide bonds. The van der Waals surface area contributed by atoms with E-state index in [-0.39, 0.29) is 23.9 Å². The predicted octanol–water partition coefficient (Wildman–Crippen LogP) is 2.54. The maximum absolute atomic E-state index is 13.2. The number of nitrogens with one attached hydrogen (secondary N) is 2. The summed E-state index contributed by atoms with van der Waals surface area (Å²) in [6.07, 6.45) is 7.03. The molecule has 5 heteroatoms. The van der Waals surface area contributed by atoms with Gasteiger partial charge in [-0.1, -0.05) is 0 Å². The molecule has 3 heterocycles. The Morgan fingerprint density at radius 1 is 1.12 bits per heavy atom. The zero-order valence-electron chi connectivity index (χ0n) is 14.3. The standard InChI is InChI=1S/C20H23N3O2/c24-19-10-13-6-7-14(11-21-19)23(13)20(25)12-5-8-18-16(9-12)15-3-1-2-4-17(15)22-18/h5,8-9,13-14,22H,1-4,6-7,10-11H2,(H,21,24)/t13-,14+/m1/s1. The predicted molar refractivity (Wildman–Crippen MR) is 95.5 cm³/mol. The smallest absolute Gasteiger partial charge is 0.254 e. The Labute approximate surface area is 146 Å². The van der Waals surface area contributed by atoms with Crippen LogP contribution in [0.3, 0.4) is 0 Å². The molecule has 2 fully saturated rings. The van der Waals surface area contributed by atoms with Gasteiger partial charge in [0, 0.05) is 47.2 Å². The van der Waals surface area contributed by atoms with Crippen molar-refractivity contribution in [2.75, 3.05) is 6.54 Å². The molecule has 2 aromatic rings. The highest BCUT2D eigenvalue weighted by atomic mass is 16.2. The largest absolute Gasteiger partial charge is 0.358 e. The van der Waals surface area contributed by atoms with E-state index in [1.165, 1.54) is 29.5 Å². The molecule has 0 unspecified atom stereocenters. The van der Waals surface area contributed by atoms with Gasteiger partial charge < -0.3 is 15.2 Å². The number of aromatic amines is 1. The lowest BCUT2D eigenvalue weighted by Gasteiger charge is -2.27. The van der Waals surface area contributed by atoms with E-state index in [2.05, 4.69) is 16.4 Å². The van der Waals surface area contributed by atoms with E-state index in [0.717, 1.165) is 36.8 Å². The minimum absolute atomic E-state index is 0.0517. The van der Waals surface area contributed by atoms with Crippen LogP contribution in [-0.2, 0) is 17.6 Å². The number of carbonyl (C=O) groups is 2. The fourth-order valence-corrected chi connectivity index (χ4v) is 4.90. The number of nitrogens with zero attached hydrogens (tertiary/aromatic N) is 1. The molecule has 0 saturated carbocycles. The van der Waals surface area contributed by atoms with Crippen LogP contribution in [0.25, 0.3) is 10.9 Å². The SMILES string of the molecule is O=C1C[C@H]2CC[C@@H](CN1)N2C(=O)c1ccc2[nH]c3c(c2c1)CCCC3. The summed E-state index contributed by atoms with van der Waals surface area (Å²) in [5.74, 6) is 0.150. The van der Waals surface area contributed by atoms with Gasteiger partial charge in [-0.2, -0.15) is 0 Å². The van der Waals surface area contributed by atoms with E-state index in [0.29, 0.717) is 13.0 Å². The first kappa shape index (κ1) is 15.0. The van der Waals surface area contributed by atoms with Crippen LogP contribution in [0.2, 0.25) is 0 Å². The third-order valence-corrected chi connectivity index (χ3v) is 6.16. The van der Waals surface area contributed by atoms with Crippen LogP contribution in [0.1, 0.15) is 53.7 Å². The van der Waals surface area contributed by atoms with Gasteiger partial charge in [0.2, 0.25) is 5.91 Å². The normalized spacial score (nSPS) is 25.6. The Balaban J connectivity index is 1.52. The topological polar surface area (TPSA) is 65.2 Å². The molecule has 2 atom stereocenters. The molecule has 2 aliphatic heterocycles. The first-order valence-corrected chi connectivity index (χ1v) is 9.43. The number of amides is 2. The van der Waals surface area contributed by atoms with Gasteiger partial charge in [0.15, 0.2) is 0 Å². The molecule has 2 saturated heterocycles. The summed E-state index contributed by atoms with van der Waals surface area (Å²) in [5.41, 5.74) is 4.63. The number of benzene rings is 1. The average molecular weight is 337 g/mol. The van der Waals surface area contributed by atoms with Crippen LogP contribution in [0, 0.1) is 0 Å². The summed E-state index contributed by atoms with van der Waals surface area (Å²) < 4.78 is 0. The van der Waals surface area contributed by atoms with E-state index in [1.54, 1.807) is 0 Å². The summed E-state index contributed by atoms with van der Waals surface area (Å²) in [5, 5.41) is 4.15. The van der Waals surface area contributed by atoms with E-state index in [1.807, 2.05) is 17.0 Å². The van der Waals surface area contributed by atoms with Gasteiger partial charge in [0.05, 0.1) is 0 Å². The van der Waals surface area contributed by atoms with Crippen LogP contribution in [-0.4, -0.2) is 40.3 Å². The summed E-state index contributed by atoms with van der Waals surface area (Å²) in [7, 11) is 0. The van der Waals surface area contributed by atoms with Gasteiger partial charge in [0.25, 0.3) is 5.91 Å². The monoisotopic (exact) mass is 337 g/mol. The van der Waals surface area contributed by atoms with Gasteiger partial charge in [-0.3, -0.25) is 9.59 Å². The van der Waals surface area contributed by atoms with E-state index < -0.39 is 0 Å². The maximum Gasteiger partial charge on any atom is 0.254 e. The highest BCUT2D eigenvalue weighted by Gasteiger charge is 2.40. The van der Waals surface area contributed by atoms with Crippen molar-refractivity contribution in [3.8, 4) is 0 Å². The van der Waals surface area contributed by atoms with Gasteiger partial charge >= 0.3 is 0 Å². The number of H-pyrrole nitrogens is 1. The molecule has 5 rings (SSSR count). The quantitative estimate of drug-likeness (QED) is 0.840. The fourth-order valence-electron chi connectivity index (χ4n) is 4.90. The Hall–Kier alpha value is -2.30. The number of carbonyl (C=O) groups excluding carboxylic acids is 2. The lowest BCUT2D eigenvalue weighted by atomic mass is 9.95. The number of fused-ring (bicyclic) bond motifs is 5. The first-order chi connectivity index (χ1) is 12.2. The maximum atomic E-state index is 13.2. The van der Waals surface area contributed by atoms with Crippen molar-refractivity contribution in [2.45, 2.75) is 57.0 Å². The number of rotatable bonds is 1. The number of aromatic nitrogens is 1. The highest BCUT2D eigenvalue weighted by molar-refractivity contribution is 6.00. The molecule has 5 nitrogen and oxygen atoms in total. The van der Waals surface area contributed by atoms with E-state index >= 15 is 0 Å². The molecule has 3 aliphatic rings. The third-order valence-electron chi connectivity index (χ3n) is 6.16. The van der Waals surface area contributed by atoms with Crippen molar-refractivity contribution in [2.24, 2.45) is 0 Å². The van der Waals surface area contributed by atoms with E-state index in [4.69, 9.17) is 0 Å². The lowest BCUT2D eigenvalue weighted by Crippen LogP contribution is -2.42. The van der Waals surface area contributed by atoms with Crippen molar-refractivity contribution in [1.82, 2.24) is 15.2 Å². The third kappa shape index (κ3) is 2.36. The molecule has 1 aliphatic carbocycles.